The number of anilines is 2. The van der Waals surface area contributed by atoms with Gasteiger partial charge in [0.2, 0.25) is 26.0 Å². The van der Waals surface area contributed by atoms with Crippen molar-refractivity contribution in [3.63, 3.8) is 0 Å². The number of hydrogen-bond acceptors (Lipinski definition) is 5. The number of nitrogens with zero attached hydrogens (tertiary/aromatic N) is 3. The Labute approximate surface area is 181 Å². The van der Waals surface area contributed by atoms with Crippen LogP contribution in [0.5, 0.6) is 0 Å². The predicted molar refractivity (Wildman–Crippen MR) is 117 cm³/mol. The maximum atomic E-state index is 13.0. The molecule has 1 amide bonds. The molecular formula is C19H22ClN3O5S2. The zero-order chi connectivity index (χ0) is 22.3. The van der Waals surface area contributed by atoms with E-state index in [4.69, 9.17) is 11.6 Å². The first kappa shape index (κ1) is 22.5. The molecule has 11 heteroatoms. The van der Waals surface area contributed by atoms with Crippen molar-refractivity contribution in [3.05, 3.63) is 53.1 Å². The van der Waals surface area contributed by atoms with Crippen LogP contribution < -0.4 is 9.21 Å². The third-order valence-corrected chi connectivity index (χ3v) is 8.08. The van der Waals surface area contributed by atoms with Crippen LogP contribution in [0.15, 0.2) is 47.4 Å². The SMILES string of the molecule is CN(C)S(=O)(=O)c1ccc2c(c1)CCN2C(=O)CN(c1ccccc1Cl)S(C)(=O)=O. The molecule has 0 saturated heterocycles. The van der Waals surface area contributed by atoms with Crippen molar-refractivity contribution in [2.75, 3.05) is 42.6 Å². The maximum Gasteiger partial charge on any atom is 0.247 e. The summed E-state index contributed by atoms with van der Waals surface area (Å²) in [5.74, 6) is -0.428. The van der Waals surface area contributed by atoms with Gasteiger partial charge in [-0.05, 0) is 42.3 Å². The number of rotatable bonds is 6. The molecule has 2 aromatic carbocycles. The molecule has 0 aliphatic carbocycles. The standard InChI is InChI=1S/C19H22ClN3O5S2/c1-21(2)30(27,28)15-8-9-17-14(12-15)10-11-22(17)19(24)13-23(29(3,25)26)18-7-5-4-6-16(18)20/h4-9,12H,10-11,13H2,1-3H3. The van der Waals surface area contributed by atoms with E-state index in [1.165, 1.54) is 31.1 Å². The fraction of sp³-hybridized carbons (Fsp3) is 0.316. The molecular weight excluding hydrogens is 450 g/mol. The van der Waals surface area contributed by atoms with Crippen LogP contribution in [-0.2, 0) is 31.3 Å². The highest BCUT2D eigenvalue weighted by molar-refractivity contribution is 7.92. The third-order valence-electron chi connectivity index (χ3n) is 4.83. The van der Waals surface area contributed by atoms with Crippen LogP contribution in [0, 0.1) is 0 Å². The van der Waals surface area contributed by atoms with Crippen molar-refractivity contribution < 1.29 is 21.6 Å². The average molecular weight is 472 g/mol. The lowest BCUT2D eigenvalue weighted by Gasteiger charge is -2.26. The Hall–Kier alpha value is -2.14. The summed E-state index contributed by atoms with van der Waals surface area (Å²) in [6.07, 6.45) is 1.49. The highest BCUT2D eigenvalue weighted by atomic mass is 35.5. The first-order valence-electron chi connectivity index (χ1n) is 9.01. The van der Waals surface area contributed by atoms with E-state index in [9.17, 15) is 21.6 Å². The molecule has 1 aliphatic rings. The third kappa shape index (κ3) is 4.31. The van der Waals surface area contributed by atoms with Crippen molar-refractivity contribution in [1.29, 1.82) is 0 Å². The number of sulfonamides is 2. The zero-order valence-corrected chi connectivity index (χ0v) is 19.1. The van der Waals surface area contributed by atoms with Crippen LogP contribution >= 0.6 is 11.6 Å². The monoisotopic (exact) mass is 471 g/mol. The van der Waals surface area contributed by atoms with Crippen LogP contribution in [0.1, 0.15) is 5.56 Å². The van der Waals surface area contributed by atoms with Crippen LogP contribution in [0.4, 0.5) is 11.4 Å². The molecule has 0 spiro atoms. The largest absolute Gasteiger partial charge is 0.310 e. The topological polar surface area (TPSA) is 95.1 Å². The maximum absolute atomic E-state index is 13.0. The summed E-state index contributed by atoms with van der Waals surface area (Å²) in [5, 5.41) is 0.219. The van der Waals surface area contributed by atoms with Crippen molar-refractivity contribution >= 4 is 48.9 Å². The Kier molecular flexibility index (Phi) is 6.15. The first-order chi connectivity index (χ1) is 13.9. The highest BCUT2D eigenvalue weighted by Gasteiger charge is 2.31. The minimum Gasteiger partial charge on any atom is -0.310 e. The Morgan fingerprint density at radius 2 is 1.77 bits per heavy atom. The molecule has 0 atom stereocenters. The van der Waals surface area contributed by atoms with Gasteiger partial charge in [-0.25, -0.2) is 21.1 Å². The van der Waals surface area contributed by atoms with Gasteiger partial charge in [-0.2, -0.15) is 0 Å². The van der Waals surface area contributed by atoms with Crippen molar-refractivity contribution in [3.8, 4) is 0 Å². The summed E-state index contributed by atoms with van der Waals surface area (Å²) >= 11 is 6.14. The lowest BCUT2D eigenvalue weighted by molar-refractivity contribution is -0.117. The second-order valence-corrected chi connectivity index (χ2v) is 11.6. The van der Waals surface area contributed by atoms with Gasteiger partial charge in [-0.3, -0.25) is 9.10 Å². The highest BCUT2D eigenvalue weighted by Crippen LogP contribution is 2.32. The summed E-state index contributed by atoms with van der Waals surface area (Å²) < 4.78 is 51.4. The normalized spacial score (nSPS) is 14.1. The molecule has 8 nitrogen and oxygen atoms in total. The van der Waals surface area contributed by atoms with Gasteiger partial charge in [0.15, 0.2) is 0 Å². The van der Waals surface area contributed by atoms with E-state index in [1.807, 2.05) is 0 Å². The van der Waals surface area contributed by atoms with Gasteiger partial charge >= 0.3 is 0 Å². The van der Waals surface area contributed by atoms with E-state index in [-0.39, 0.29) is 15.6 Å². The van der Waals surface area contributed by atoms with Gasteiger partial charge in [0, 0.05) is 26.3 Å². The number of carbonyl (C=O) groups excluding carboxylic acids is 1. The molecule has 3 rings (SSSR count). The van der Waals surface area contributed by atoms with E-state index < -0.39 is 32.5 Å². The summed E-state index contributed by atoms with van der Waals surface area (Å²) in [6, 6.07) is 11.0. The molecule has 0 saturated carbocycles. The molecule has 1 aliphatic heterocycles. The van der Waals surface area contributed by atoms with Crippen LogP contribution in [0.2, 0.25) is 5.02 Å². The van der Waals surface area contributed by atoms with E-state index >= 15 is 0 Å². The van der Waals surface area contributed by atoms with Gasteiger partial charge < -0.3 is 4.90 Å². The molecule has 162 valence electrons. The quantitative estimate of drug-likeness (QED) is 0.641. The molecule has 0 N–H and O–H groups in total. The number of para-hydroxylation sites is 1. The van der Waals surface area contributed by atoms with Crippen LogP contribution in [-0.4, -0.2) is 60.5 Å². The second-order valence-electron chi connectivity index (χ2n) is 7.09. The minimum absolute atomic E-state index is 0.148. The Morgan fingerprint density at radius 3 is 2.37 bits per heavy atom. The number of hydrogen-bond donors (Lipinski definition) is 0. The van der Waals surface area contributed by atoms with Crippen molar-refractivity contribution in [2.45, 2.75) is 11.3 Å². The van der Waals surface area contributed by atoms with E-state index in [0.717, 1.165) is 20.4 Å². The first-order valence-corrected chi connectivity index (χ1v) is 12.7. The smallest absolute Gasteiger partial charge is 0.247 e. The summed E-state index contributed by atoms with van der Waals surface area (Å²) in [5.41, 5.74) is 1.52. The van der Waals surface area contributed by atoms with Gasteiger partial charge in [-0.15, -0.1) is 0 Å². The average Bonchev–Trinajstić information content (AvgIpc) is 3.09. The molecule has 0 aromatic heterocycles. The molecule has 0 unspecified atom stereocenters. The van der Waals surface area contributed by atoms with Crippen LogP contribution in [0.25, 0.3) is 0 Å². The zero-order valence-electron chi connectivity index (χ0n) is 16.7. The lowest BCUT2D eigenvalue weighted by atomic mass is 10.2. The number of benzene rings is 2. The summed E-state index contributed by atoms with van der Waals surface area (Å²) in [4.78, 5) is 14.6. The van der Waals surface area contributed by atoms with Gasteiger partial charge in [0.25, 0.3) is 0 Å². The van der Waals surface area contributed by atoms with Crippen LogP contribution in [0.3, 0.4) is 0 Å². The molecule has 0 bridgehead atoms. The number of amides is 1. The summed E-state index contributed by atoms with van der Waals surface area (Å²) in [7, 11) is -4.45. The van der Waals surface area contributed by atoms with E-state index in [0.29, 0.717) is 18.7 Å². The minimum atomic E-state index is -3.76. The molecule has 1 heterocycles. The fourth-order valence-corrected chi connectivity index (χ4v) is 5.35. The molecule has 0 fully saturated rings. The van der Waals surface area contributed by atoms with Gasteiger partial charge in [0.1, 0.15) is 6.54 Å². The Bertz CT molecular complexity index is 1200. The van der Waals surface area contributed by atoms with E-state index in [2.05, 4.69) is 0 Å². The summed E-state index contributed by atoms with van der Waals surface area (Å²) in [6.45, 7) is -0.0838. The molecule has 30 heavy (non-hydrogen) atoms. The number of fused-ring (bicyclic) bond motifs is 1. The van der Waals surface area contributed by atoms with Crippen molar-refractivity contribution in [1.82, 2.24) is 4.31 Å². The van der Waals surface area contributed by atoms with Crippen molar-refractivity contribution in [2.24, 2.45) is 0 Å². The molecule has 2 aromatic rings. The second kappa shape index (κ2) is 8.18. The number of halogens is 1. The Balaban J connectivity index is 1.90. The fourth-order valence-electron chi connectivity index (χ4n) is 3.25. The van der Waals surface area contributed by atoms with E-state index in [1.54, 1.807) is 30.3 Å². The number of carbonyl (C=O) groups is 1. The van der Waals surface area contributed by atoms with Gasteiger partial charge in [-0.1, -0.05) is 23.7 Å². The molecule has 0 radical (unpaired) electrons. The lowest BCUT2D eigenvalue weighted by Crippen LogP contribution is -2.42. The predicted octanol–water partition coefficient (Wildman–Crippen LogP) is 1.95. The van der Waals surface area contributed by atoms with Gasteiger partial charge in [0.05, 0.1) is 21.9 Å². The Morgan fingerprint density at radius 1 is 1.10 bits per heavy atom.